The third-order valence-electron chi connectivity index (χ3n) is 15.0. The van der Waals surface area contributed by atoms with Crippen molar-refractivity contribution in [1.29, 1.82) is 0 Å². The maximum absolute atomic E-state index is 12.2. The second kappa shape index (κ2) is 26.1. The number of fused-ring (bicyclic) bond motifs is 3. The Balaban J connectivity index is 0.000000135. The Bertz CT molecular complexity index is 3430. The number of ether oxygens (including phenoxy) is 1. The highest BCUT2D eigenvalue weighted by Crippen LogP contribution is 2.28. The molecule has 0 atom stereocenters. The molecule has 5 heterocycles. The van der Waals surface area contributed by atoms with Gasteiger partial charge in [0.1, 0.15) is 5.60 Å². The van der Waals surface area contributed by atoms with Gasteiger partial charge in [0.2, 0.25) is 17.8 Å². The number of likely N-dealkylation sites (tertiary alicyclic amines) is 1. The molecule has 0 radical (unpaired) electrons. The van der Waals surface area contributed by atoms with Gasteiger partial charge in [0.15, 0.2) is 0 Å². The Hall–Kier alpha value is -8.07. The first-order valence-corrected chi connectivity index (χ1v) is 28.2. The molecule has 3 aliphatic rings. The number of carbonyl (C=O) groups is 1. The topological polar surface area (TPSA) is 181 Å². The van der Waals surface area contributed by atoms with E-state index in [4.69, 9.17) is 25.4 Å². The van der Waals surface area contributed by atoms with Gasteiger partial charge < -0.3 is 36.6 Å². The minimum Gasteiger partial charge on any atom is -0.444 e. The fourth-order valence-electron chi connectivity index (χ4n) is 10.5. The van der Waals surface area contributed by atoms with Crippen molar-refractivity contribution in [2.45, 2.75) is 89.8 Å². The van der Waals surface area contributed by atoms with Crippen molar-refractivity contribution in [2.75, 3.05) is 55.2 Å². The fourth-order valence-corrected chi connectivity index (χ4v) is 10.5. The first-order valence-electron chi connectivity index (χ1n) is 28.2. The van der Waals surface area contributed by atoms with Crippen LogP contribution in [0.3, 0.4) is 0 Å². The number of hydrogen-bond acceptors (Lipinski definition) is 13. The van der Waals surface area contributed by atoms with Crippen LogP contribution in [-0.2, 0) is 4.74 Å². The number of rotatable bonds is 11. The maximum Gasteiger partial charge on any atom is 0.410 e. The fraction of sp³-hybridized carbons (Fsp3) is 0.338. The lowest BCUT2D eigenvalue weighted by molar-refractivity contribution is 0.0188. The van der Waals surface area contributed by atoms with E-state index in [1.54, 1.807) is 11.1 Å². The first kappa shape index (κ1) is 54.3. The van der Waals surface area contributed by atoms with Crippen molar-refractivity contribution in [3.63, 3.8) is 0 Å². The Morgan fingerprint density at radius 1 is 0.532 bits per heavy atom. The minimum absolute atomic E-state index is 0.217. The molecule has 1 aliphatic carbocycles. The van der Waals surface area contributed by atoms with Gasteiger partial charge in [-0.05, 0) is 166 Å². The van der Waals surface area contributed by atoms with Crippen LogP contribution < -0.4 is 27.0 Å². The summed E-state index contributed by atoms with van der Waals surface area (Å²) in [7, 11) is 0. The molecule has 406 valence electrons. The molecule has 6 aromatic carbocycles. The average Bonchev–Trinajstić information content (AvgIpc) is 3.50. The molecule has 0 spiro atoms. The van der Waals surface area contributed by atoms with E-state index in [1.165, 1.54) is 45.2 Å². The summed E-state index contributed by atoms with van der Waals surface area (Å²) in [6.45, 7) is 11.1. The molecule has 1 amide bonds. The molecule has 2 saturated heterocycles. The number of nitrogens with two attached hydrogens (primary N) is 1. The van der Waals surface area contributed by atoms with Crippen LogP contribution in [0.15, 0.2) is 164 Å². The van der Waals surface area contributed by atoms with Crippen LogP contribution in [0.25, 0.3) is 66.1 Å². The number of amides is 1. The minimum atomic E-state index is -0.455. The number of anilines is 3. The van der Waals surface area contributed by atoms with Crippen LogP contribution in [0.1, 0.15) is 72.1 Å². The maximum atomic E-state index is 12.2. The molecule has 9 aromatic rings. The largest absolute Gasteiger partial charge is 0.444 e. The number of benzene rings is 6. The van der Waals surface area contributed by atoms with Gasteiger partial charge in [0.05, 0.1) is 17.1 Å². The molecule has 3 fully saturated rings. The van der Waals surface area contributed by atoms with Gasteiger partial charge in [-0.1, -0.05) is 109 Å². The van der Waals surface area contributed by atoms with E-state index >= 15 is 0 Å². The molecule has 14 nitrogen and oxygen atoms in total. The summed E-state index contributed by atoms with van der Waals surface area (Å²) in [6, 6.07) is 51.0. The molecule has 2 aliphatic heterocycles. The van der Waals surface area contributed by atoms with Crippen molar-refractivity contribution < 1.29 is 9.53 Å². The van der Waals surface area contributed by atoms with Gasteiger partial charge in [-0.15, -0.1) is 0 Å². The van der Waals surface area contributed by atoms with Gasteiger partial charge in [-0.25, -0.2) is 34.7 Å². The van der Waals surface area contributed by atoms with E-state index in [2.05, 4.69) is 151 Å². The Morgan fingerprint density at radius 3 is 1.38 bits per heavy atom. The number of nitrogens with zero attached hydrogens (tertiary/aromatic N) is 7. The van der Waals surface area contributed by atoms with Crippen LogP contribution in [0.5, 0.6) is 0 Å². The number of hydrogen-bond donors (Lipinski definition) is 5. The predicted octanol–water partition coefficient (Wildman–Crippen LogP) is 13.0. The second-order valence-electron chi connectivity index (χ2n) is 22.1. The van der Waals surface area contributed by atoms with Gasteiger partial charge in [0.25, 0.3) is 0 Å². The zero-order valence-corrected chi connectivity index (χ0v) is 45.8. The highest BCUT2D eigenvalue weighted by molar-refractivity contribution is 5.88. The lowest BCUT2D eigenvalue weighted by Gasteiger charge is -2.33. The molecular formula is C65H74N12O2. The Kier molecular flexibility index (Phi) is 17.9. The average molecular weight is 1060 g/mol. The van der Waals surface area contributed by atoms with Crippen molar-refractivity contribution in [1.82, 2.24) is 40.1 Å². The lowest BCUT2D eigenvalue weighted by atomic mass is 9.92. The smallest absolute Gasteiger partial charge is 0.410 e. The molecular weight excluding hydrogens is 981 g/mol. The lowest BCUT2D eigenvalue weighted by Crippen LogP contribution is -2.42. The van der Waals surface area contributed by atoms with Crippen molar-refractivity contribution in [2.24, 2.45) is 17.6 Å². The molecule has 1 saturated carbocycles. The van der Waals surface area contributed by atoms with E-state index in [9.17, 15) is 4.79 Å². The van der Waals surface area contributed by atoms with Crippen LogP contribution >= 0.6 is 0 Å². The number of piperidine rings is 2. The highest BCUT2D eigenvalue weighted by atomic mass is 16.6. The predicted molar refractivity (Wildman–Crippen MR) is 322 cm³/mol. The molecule has 12 rings (SSSR count). The Morgan fingerprint density at radius 2 is 0.937 bits per heavy atom. The summed E-state index contributed by atoms with van der Waals surface area (Å²) in [4.78, 5) is 41.3. The Labute approximate surface area is 464 Å². The third-order valence-corrected chi connectivity index (χ3v) is 15.0. The van der Waals surface area contributed by atoms with Gasteiger partial charge in [-0.2, -0.15) is 0 Å². The SMILES string of the molecule is CC(C)(C)OC(=O)N1CCC(CNc2nccc(-c3ccc4ccccc4c3)n2)CC1.NC1CCC(Nc2nccc(-c3ccc4ccccc4c3)n2)CC1.c1ccc2cc(-c3ccnc(NCC4CCNCC4)n3)ccc2c1. The first-order chi connectivity index (χ1) is 38.5. The van der Waals surface area contributed by atoms with Crippen LogP contribution in [0.2, 0.25) is 0 Å². The van der Waals surface area contributed by atoms with Gasteiger partial charge in [0, 0.05) is 73.5 Å². The summed E-state index contributed by atoms with van der Waals surface area (Å²) in [6.07, 6.45) is 13.9. The number of carbonyl (C=O) groups excluding carboxylic acids is 1. The number of aromatic nitrogens is 6. The molecule has 0 bridgehead atoms. The summed E-state index contributed by atoms with van der Waals surface area (Å²) in [5.41, 5.74) is 11.7. The van der Waals surface area contributed by atoms with E-state index in [1.807, 2.05) is 63.5 Å². The zero-order valence-electron chi connectivity index (χ0n) is 45.8. The molecule has 0 unspecified atom stereocenters. The van der Waals surface area contributed by atoms with Crippen LogP contribution in [0, 0.1) is 11.8 Å². The molecule has 6 N–H and O–H groups in total. The van der Waals surface area contributed by atoms with Crippen LogP contribution in [0.4, 0.5) is 22.6 Å². The van der Waals surface area contributed by atoms with Crippen molar-refractivity contribution in [3.8, 4) is 33.8 Å². The third kappa shape index (κ3) is 15.4. The summed E-state index contributed by atoms with van der Waals surface area (Å²) < 4.78 is 5.48. The second-order valence-corrected chi connectivity index (χ2v) is 22.1. The van der Waals surface area contributed by atoms with Crippen molar-refractivity contribution >= 4 is 56.3 Å². The van der Waals surface area contributed by atoms with Gasteiger partial charge >= 0.3 is 6.09 Å². The molecule has 79 heavy (non-hydrogen) atoms. The monoisotopic (exact) mass is 1050 g/mol. The van der Waals surface area contributed by atoms with E-state index in [-0.39, 0.29) is 6.09 Å². The molecule has 3 aromatic heterocycles. The summed E-state index contributed by atoms with van der Waals surface area (Å²) >= 11 is 0. The summed E-state index contributed by atoms with van der Waals surface area (Å²) in [5, 5.41) is 21.0. The van der Waals surface area contributed by atoms with Crippen LogP contribution in [-0.4, -0.2) is 97.9 Å². The number of nitrogens with one attached hydrogen (secondary N) is 4. The molecule has 14 heteroatoms. The highest BCUT2D eigenvalue weighted by Gasteiger charge is 2.27. The van der Waals surface area contributed by atoms with E-state index in [0.717, 1.165) is 118 Å². The quantitative estimate of drug-likeness (QED) is 0.0826. The summed E-state index contributed by atoms with van der Waals surface area (Å²) in [5.74, 6) is 3.26. The van der Waals surface area contributed by atoms with Gasteiger partial charge in [-0.3, -0.25) is 0 Å². The van der Waals surface area contributed by atoms with E-state index < -0.39 is 5.60 Å². The van der Waals surface area contributed by atoms with E-state index in [0.29, 0.717) is 35.8 Å². The standard InChI is InChI=1S/C25H30N4O2.2C20H22N4/c1-25(2,3)31-24(30)29-14-11-18(12-15-29)17-27-23-26-13-10-22(28-23)21-9-8-19-6-4-5-7-20(19)16-21;1-2-4-17-13-18(6-5-16(17)3-1)19-9-12-22-20(24-19)23-14-15-7-10-21-11-8-15;21-17-7-9-18(10-8-17)23-20-22-12-11-19(24-20)16-6-5-14-3-1-2-4-15(14)13-16/h4-10,13,16,18H,11-12,14-15,17H2,1-3H3,(H,26,27,28);1-6,9,12-13,15,21H,7-8,10-11,14H2,(H,22,23,24);1-6,11-13,17-18H,7-10,21H2,(H,22,23,24). The normalized spacial score (nSPS) is 17.0. The zero-order chi connectivity index (χ0) is 54.4. The van der Waals surface area contributed by atoms with Crippen molar-refractivity contribution in [3.05, 3.63) is 164 Å².